The molecule has 0 bridgehead atoms. The van der Waals surface area contributed by atoms with Gasteiger partial charge >= 0.3 is 6.61 Å². The van der Waals surface area contributed by atoms with E-state index < -0.39 is 12.5 Å². The first-order valence-electron chi connectivity index (χ1n) is 7.58. The number of benzene rings is 2. The first kappa shape index (κ1) is 18.1. The van der Waals surface area contributed by atoms with Crippen LogP contribution in [-0.2, 0) is 11.2 Å². The Balaban J connectivity index is 2.10. The summed E-state index contributed by atoms with van der Waals surface area (Å²) in [5.74, 6) is -0.536. The van der Waals surface area contributed by atoms with Crippen LogP contribution < -0.4 is 10.1 Å². The van der Waals surface area contributed by atoms with Gasteiger partial charge in [0.1, 0.15) is 17.4 Å². The number of carbonyl (C=O) groups excluding carboxylic acids is 1. The van der Waals surface area contributed by atoms with Crippen molar-refractivity contribution in [2.45, 2.75) is 20.0 Å². The van der Waals surface area contributed by atoms with Crippen molar-refractivity contribution >= 4 is 17.7 Å². The summed E-state index contributed by atoms with van der Waals surface area (Å²) >= 11 is 0. The van der Waals surface area contributed by atoms with E-state index in [0.717, 1.165) is 12.0 Å². The van der Waals surface area contributed by atoms with Crippen LogP contribution in [0.3, 0.4) is 0 Å². The summed E-state index contributed by atoms with van der Waals surface area (Å²) in [6.07, 6.45) is 2.27. The van der Waals surface area contributed by atoms with E-state index >= 15 is 0 Å². The minimum Gasteiger partial charge on any atom is -0.435 e. The van der Waals surface area contributed by atoms with E-state index in [2.05, 4.69) is 10.1 Å². The molecule has 0 heterocycles. The van der Waals surface area contributed by atoms with E-state index in [4.69, 9.17) is 0 Å². The highest BCUT2D eigenvalue weighted by Crippen LogP contribution is 2.17. The second-order valence-corrected chi connectivity index (χ2v) is 5.12. The predicted molar refractivity (Wildman–Crippen MR) is 91.1 cm³/mol. The van der Waals surface area contributed by atoms with Crippen LogP contribution in [-0.4, -0.2) is 12.5 Å². The standard InChI is InChI=1S/C19H16F2N2O2/c1-2-13-3-7-16(8-4-13)23-18(24)15(12-22)11-14-5-9-17(10-6-14)25-19(20)21/h3-11,19H,2H2,1H3,(H,23,24)/b15-11-. The van der Waals surface area contributed by atoms with Crippen LogP contribution in [0, 0.1) is 11.3 Å². The van der Waals surface area contributed by atoms with Gasteiger partial charge in [-0.15, -0.1) is 0 Å². The fourth-order valence-corrected chi connectivity index (χ4v) is 2.08. The Morgan fingerprint density at radius 1 is 1.20 bits per heavy atom. The van der Waals surface area contributed by atoms with E-state index in [0.29, 0.717) is 11.3 Å². The molecule has 0 aliphatic rings. The number of carbonyl (C=O) groups is 1. The fraction of sp³-hybridized carbons (Fsp3) is 0.158. The maximum absolute atomic E-state index is 12.2. The maximum atomic E-state index is 12.2. The van der Waals surface area contributed by atoms with Gasteiger partial charge in [0.2, 0.25) is 0 Å². The number of anilines is 1. The quantitative estimate of drug-likeness (QED) is 0.625. The summed E-state index contributed by atoms with van der Waals surface area (Å²) in [7, 11) is 0. The van der Waals surface area contributed by atoms with Crippen LogP contribution in [0.4, 0.5) is 14.5 Å². The van der Waals surface area contributed by atoms with Crippen molar-refractivity contribution in [3.63, 3.8) is 0 Å². The van der Waals surface area contributed by atoms with Crippen molar-refractivity contribution in [3.05, 3.63) is 65.2 Å². The predicted octanol–water partition coefficient (Wildman–Crippen LogP) is 4.40. The van der Waals surface area contributed by atoms with Crippen LogP contribution in [0.1, 0.15) is 18.1 Å². The van der Waals surface area contributed by atoms with E-state index in [9.17, 15) is 18.8 Å². The molecule has 1 N–H and O–H groups in total. The average Bonchev–Trinajstić information content (AvgIpc) is 2.61. The molecule has 25 heavy (non-hydrogen) atoms. The van der Waals surface area contributed by atoms with Gasteiger partial charge in [-0.05, 0) is 47.9 Å². The molecule has 0 radical (unpaired) electrons. The molecular formula is C19H16F2N2O2. The number of alkyl halides is 2. The highest BCUT2D eigenvalue weighted by atomic mass is 19.3. The largest absolute Gasteiger partial charge is 0.435 e. The lowest BCUT2D eigenvalue weighted by atomic mass is 10.1. The first-order valence-corrected chi connectivity index (χ1v) is 7.58. The molecular weight excluding hydrogens is 326 g/mol. The molecule has 0 fully saturated rings. The van der Waals surface area contributed by atoms with E-state index in [1.165, 1.54) is 30.3 Å². The zero-order valence-electron chi connectivity index (χ0n) is 13.5. The van der Waals surface area contributed by atoms with E-state index in [-0.39, 0.29) is 11.3 Å². The second kappa shape index (κ2) is 8.60. The smallest absolute Gasteiger partial charge is 0.387 e. The summed E-state index contributed by atoms with van der Waals surface area (Å²) in [5, 5.41) is 11.8. The van der Waals surface area contributed by atoms with Gasteiger partial charge in [0.15, 0.2) is 0 Å². The third kappa shape index (κ3) is 5.43. The maximum Gasteiger partial charge on any atom is 0.387 e. The number of hydrogen-bond donors (Lipinski definition) is 1. The van der Waals surface area contributed by atoms with Crippen molar-refractivity contribution in [1.29, 1.82) is 5.26 Å². The van der Waals surface area contributed by atoms with Crippen molar-refractivity contribution in [3.8, 4) is 11.8 Å². The van der Waals surface area contributed by atoms with Crippen LogP contribution in [0.2, 0.25) is 0 Å². The minimum absolute atomic E-state index is 0.00567. The highest BCUT2D eigenvalue weighted by Gasteiger charge is 2.10. The summed E-state index contributed by atoms with van der Waals surface area (Å²) in [6.45, 7) is -0.872. The highest BCUT2D eigenvalue weighted by molar-refractivity contribution is 6.09. The van der Waals surface area contributed by atoms with Crippen molar-refractivity contribution in [1.82, 2.24) is 0 Å². The molecule has 0 saturated carbocycles. The number of rotatable bonds is 6. The molecule has 2 rings (SSSR count). The number of nitrogens with zero attached hydrogens (tertiary/aromatic N) is 1. The zero-order chi connectivity index (χ0) is 18.2. The SMILES string of the molecule is CCc1ccc(NC(=O)/C(C#N)=C\c2ccc(OC(F)F)cc2)cc1. The van der Waals surface area contributed by atoms with Crippen molar-refractivity contribution in [2.24, 2.45) is 0 Å². The molecule has 0 saturated heterocycles. The summed E-state index contributed by atoms with van der Waals surface area (Å²) in [4.78, 5) is 12.2. The molecule has 0 aromatic heterocycles. The van der Waals surface area contributed by atoms with E-state index in [1.54, 1.807) is 12.1 Å². The fourth-order valence-electron chi connectivity index (χ4n) is 2.08. The Bertz CT molecular complexity index is 792. The molecule has 0 spiro atoms. The Kier molecular flexibility index (Phi) is 6.24. The van der Waals surface area contributed by atoms with Gasteiger partial charge in [0.25, 0.3) is 5.91 Å². The van der Waals surface area contributed by atoms with Gasteiger partial charge in [-0.25, -0.2) is 0 Å². The molecule has 0 atom stereocenters. The Morgan fingerprint density at radius 3 is 2.36 bits per heavy atom. The van der Waals surface area contributed by atoms with Gasteiger partial charge < -0.3 is 10.1 Å². The molecule has 6 heteroatoms. The molecule has 0 aliphatic carbocycles. The zero-order valence-corrected chi connectivity index (χ0v) is 13.5. The molecule has 1 amide bonds. The van der Waals surface area contributed by atoms with Crippen molar-refractivity contribution in [2.75, 3.05) is 5.32 Å². The van der Waals surface area contributed by atoms with Gasteiger partial charge in [-0.1, -0.05) is 31.2 Å². The lowest BCUT2D eigenvalue weighted by Crippen LogP contribution is -2.13. The Morgan fingerprint density at radius 2 is 1.84 bits per heavy atom. The number of halogens is 2. The van der Waals surface area contributed by atoms with Crippen LogP contribution in [0.25, 0.3) is 6.08 Å². The van der Waals surface area contributed by atoms with Gasteiger partial charge in [-0.3, -0.25) is 4.79 Å². The van der Waals surface area contributed by atoms with Crippen LogP contribution in [0.5, 0.6) is 5.75 Å². The molecule has 0 aliphatic heterocycles. The molecule has 4 nitrogen and oxygen atoms in total. The van der Waals surface area contributed by atoms with Gasteiger partial charge in [0, 0.05) is 5.69 Å². The van der Waals surface area contributed by atoms with Gasteiger partial charge in [0.05, 0.1) is 0 Å². The first-order chi connectivity index (χ1) is 12.0. The summed E-state index contributed by atoms with van der Waals surface area (Å²) < 4.78 is 28.5. The topological polar surface area (TPSA) is 62.1 Å². The third-order valence-corrected chi connectivity index (χ3v) is 3.40. The third-order valence-electron chi connectivity index (χ3n) is 3.40. The number of amides is 1. The number of nitrogens with one attached hydrogen (secondary N) is 1. The van der Waals surface area contributed by atoms with E-state index in [1.807, 2.05) is 25.1 Å². The lowest BCUT2D eigenvalue weighted by Gasteiger charge is -2.06. The summed E-state index contributed by atoms with van der Waals surface area (Å²) in [5.41, 5.74) is 2.15. The summed E-state index contributed by atoms with van der Waals surface area (Å²) in [6, 6.07) is 14.8. The number of ether oxygens (including phenoxy) is 1. The molecule has 2 aromatic rings. The normalized spacial score (nSPS) is 11.1. The monoisotopic (exact) mass is 342 g/mol. The Hall–Kier alpha value is -3.20. The van der Waals surface area contributed by atoms with Crippen LogP contribution >= 0.6 is 0 Å². The second-order valence-electron chi connectivity index (χ2n) is 5.12. The average molecular weight is 342 g/mol. The van der Waals surface area contributed by atoms with Crippen LogP contribution in [0.15, 0.2) is 54.1 Å². The molecule has 128 valence electrons. The lowest BCUT2D eigenvalue weighted by molar-refractivity contribution is -0.112. The van der Waals surface area contributed by atoms with Crippen molar-refractivity contribution < 1.29 is 18.3 Å². The number of hydrogen-bond acceptors (Lipinski definition) is 3. The minimum atomic E-state index is -2.90. The Labute approximate surface area is 144 Å². The number of nitriles is 1. The molecule has 0 unspecified atom stereocenters. The molecule has 2 aromatic carbocycles. The number of aryl methyl sites for hydroxylation is 1. The van der Waals surface area contributed by atoms with Gasteiger partial charge in [-0.2, -0.15) is 14.0 Å².